The summed E-state index contributed by atoms with van der Waals surface area (Å²) < 4.78 is 5.76. The van der Waals surface area contributed by atoms with E-state index in [9.17, 15) is 5.11 Å². The fourth-order valence-electron chi connectivity index (χ4n) is 1.80. The van der Waals surface area contributed by atoms with Crippen LogP contribution in [0.15, 0.2) is 42.5 Å². The summed E-state index contributed by atoms with van der Waals surface area (Å²) in [5.41, 5.74) is 8.55. The van der Waals surface area contributed by atoms with Gasteiger partial charge in [0, 0.05) is 11.3 Å². The quantitative estimate of drug-likeness (QED) is 0.811. The van der Waals surface area contributed by atoms with E-state index in [1.54, 1.807) is 18.2 Å². The third-order valence-corrected chi connectivity index (χ3v) is 2.86. The number of aromatic hydroxyl groups is 1. The van der Waals surface area contributed by atoms with Crippen molar-refractivity contribution in [3.63, 3.8) is 0 Å². The SMILES string of the molecule is CCc1cc(O)ccc1OCc1ccccc1N. The van der Waals surface area contributed by atoms with E-state index in [4.69, 9.17) is 10.5 Å². The molecule has 0 heterocycles. The van der Waals surface area contributed by atoms with E-state index in [2.05, 4.69) is 0 Å². The van der Waals surface area contributed by atoms with Gasteiger partial charge in [-0.2, -0.15) is 0 Å². The highest BCUT2D eigenvalue weighted by Gasteiger charge is 2.05. The van der Waals surface area contributed by atoms with Crippen molar-refractivity contribution in [2.24, 2.45) is 0 Å². The number of para-hydroxylation sites is 1. The zero-order valence-electron chi connectivity index (χ0n) is 10.4. The summed E-state index contributed by atoms with van der Waals surface area (Å²) >= 11 is 0. The lowest BCUT2D eigenvalue weighted by Gasteiger charge is -2.12. The van der Waals surface area contributed by atoms with E-state index in [0.717, 1.165) is 29.0 Å². The number of hydrogen-bond acceptors (Lipinski definition) is 3. The lowest BCUT2D eigenvalue weighted by molar-refractivity contribution is 0.303. The van der Waals surface area contributed by atoms with Crippen LogP contribution in [0.25, 0.3) is 0 Å². The molecule has 3 N–H and O–H groups in total. The first kappa shape index (κ1) is 12.3. The maximum atomic E-state index is 9.42. The molecule has 0 spiro atoms. The van der Waals surface area contributed by atoms with Crippen molar-refractivity contribution in [2.75, 3.05) is 5.73 Å². The zero-order valence-corrected chi connectivity index (χ0v) is 10.4. The van der Waals surface area contributed by atoms with Crippen molar-refractivity contribution in [3.8, 4) is 11.5 Å². The maximum absolute atomic E-state index is 9.42. The summed E-state index contributed by atoms with van der Waals surface area (Å²) in [6, 6.07) is 12.8. The van der Waals surface area contributed by atoms with Crippen LogP contribution in [0.4, 0.5) is 5.69 Å². The molecule has 0 saturated carbocycles. The molecule has 0 aliphatic carbocycles. The number of benzene rings is 2. The minimum atomic E-state index is 0.262. The standard InChI is InChI=1S/C15H17NO2/c1-2-11-9-13(17)7-8-15(11)18-10-12-5-3-4-6-14(12)16/h3-9,17H,2,10,16H2,1H3. The van der Waals surface area contributed by atoms with Crippen LogP contribution in [0.2, 0.25) is 0 Å². The molecule has 3 heteroatoms. The Kier molecular flexibility index (Phi) is 3.72. The largest absolute Gasteiger partial charge is 0.508 e. The topological polar surface area (TPSA) is 55.5 Å². The number of nitrogen functional groups attached to an aromatic ring is 1. The zero-order chi connectivity index (χ0) is 13.0. The van der Waals surface area contributed by atoms with Crippen LogP contribution in [0, 0.1) is 0 Å². The highest BCUT2D eigenvalue weighted by atomic mass is 16.5. The normalized spacial score (nSPS) is 10.3. The smallest absolute Gasteiger partial charge is 0.123 e. The molecule has 94 valence electrons. The number of ether oxygens (including phenoxy) is 1. The molecule has 0 aromatic heterocycles. The van der Waals surface area contributed by atoms with Crippen LogP contribution < -0.4 is 10.5 Å². The van der Waals surface area contributed by atoms with Gasteiger partial charge in [0.05, 0.1) is 0 Å². The van der Waals surface area contributed by atoms with Gasteiger partial charge < -0.3 is 15.6 Å². The van der Waals surface area contributed by atoms with Gasteiger partial charge in [0.2, 0.25) is 0 Å². The molecule has 0 bridgehead atoms. The molecule has 2 aromatic rings. The van der Waals surface area contributed by atoms with Gasteiger partial charge in [0.15, 0.2) is 0 Å². The van der Waals surface area contributed by atoms with Gasteiger partial charge in [-0.3, -0.25) is 0 Å². The molecule has 2 rings (SSSR count). The van der Waals surface area contributed by atoms with Crippen LogP contribution in [0.3, 0.4) is 0 Å². The number of rotatable bonds is 4. The Bertz CT molecular complexity index is 538. The summed E-state index contributed by atoms with van der Waals surface area (Å²) in [6.07, 6.45) is 0.813. The summed E-state index contributed by atoms with van der Waals surface area (Å²) in [7, 11) is 0. The summed E-state index contributed by atoms with van der Waals surface area (Å²) in [5, 5.41) is 9.42. The molecular formula is C15H17NO2. The number of nitrogens with two attached hydrogens (primary N) is 1. The Morgan fingerprint density at radius 3 is 2.61 bits per heavy atom. The molecule has 3 nitrogen and oxygen atoms in total. The first-order chi connectivity index (χ1) is 8.70. The number of phenolic OH excluding ortho intramolecular Hbond substituents is 1. The predicted molar refractivity (Wildman–Crippen MR) is 72.7 cm³/mol. The number of phenols is 1. The summed E-state index contributed by atoms with van der Waals surface area (Å²) in [4.78, 5) is 0. The van der Waals surface area contributed by atoms with E-state index < -0.39 is 0 Å². The van der Waals surface area contributed by atoms with Crippen molar-refractivity contribution in [1.29, 1.82) is 0 Å². The predicted octanol–water partition coefficient (Wildman–Crippen LogP) is 3.12. The Morgan fingerprint density at radius 1 is 1.11 bits per heavy atom. The minimum Gasteiger partial charge on any atom is -0.508 e. The van der Waals surface area contributed by atoms with Crippen LogP contribution >= 0.6 is 0 Å². The molecule has 0 aliphatic rings. The third-order valence-electron chi connectivity index (χ3n) is 2.86. The number of anilines is 1. The molecule has 0 unspecified atom stereocenters. The second-order valence-corrected chi connectivity index (χ2v) is 4.13. The molecule has 2 aromatic carbocycles. The third kappa shape index (κ3) is 2.74. The molecule has 0 radical (unpaired) electrons. The van der Waals surface area contributed by atoms with Crippen molar-refractivity contribution >= 4 is 5.69 Å². The van der Waals surface area contributed by atoms with Crippen LogP contribution in [0.1, 0.15) is 18.1 Å². The minimum absolute atomic E-state index is 0.262. The fraction of sp³-hybridized carbons (Fsp3) is 0.200. The fourth-order valence-corrected chi connectivity index (χ4v) is 1.80. The molecular weight excluding hydrogens is 226 g/mol. The van der Waals surface area contributed by atoms with Crippen molar-refractivity contribution in [3.05, 3.63) is 53.6 Å². The highest BCUT2D eigenvalue weighted by Crippen LogP contribution is 2.25. The molecule has 0 saturated heterocycles. The van der Waals surface area contributed by atoms with Gasteiger partial charge in [-0.25, -0.2) is 0 Å². The lowest BCUT2D eigenvalue weighted by Crippen LogP contribution is -2.01. The molecule has 18 heavy (non-hydrogen) atoms. The van der Waals surface area contributed by atoms with Crippen molar-refractivity contribution in [2.45, 2.75) is 20.0 Å². The van der Waals surface area contributed by atoms with Gasteiger partial charge in [-0.1, -0.05) is 25.1 Å². The monoisotopic (exact) mass is 243 g/mol. The second kappa shape index (κ2) is 5.45. The maximum Gasteiger partial charge on any atom is 0.123 e. The van der Waals surface area contributed by atoms with Crippen molar-refractivity contribution in [1.82, 2.24) is 0 Å². The Hall–Kier alpha value is -2.16. The van der Waals surface area contributed by atoms with Gasteiger partial charge in [0.1, 0.15) is 18.1 Å². The average molecular weight is 243 g/mol. The number of hydrogen-bond donors (Lipinski definition) is 2. The number of aryl methyl sites for hydroxylation is 1. The molecule has 0 atom stereocenters. The van der Waals surface area contributed by atoms with E-state index in [1.807, 2.05) is 31.2 Å². The first-order valence-corrected chi connectivity index (χ1v) is 5.98. The van der Waals surface area contributed by atoms with E-state index in [1.165, 1.54) is 0 Å². The van der Waals surface area contributed by atoms with Crippen LogP contribution in [0.5, 0.6) is 11.5 Å². The van der Waals surface area contributed by atoms with E-state index in [-0.39, 0.29) is 5.75 Å². The van der Waals surface area contributed by atoms with Gasteiger partial charge in [-0.15, -0.1) is 0 Å². The van der Waals surface area contributed by atoms with Gasteiger partial charge in [0.25, 0.3) is 0 Å². The Morgan fingerprint density at radius 2 is 1.89 bits per heavy atom. The Labute approximate surface area is 107 Å². The second-order valence-electron chi connectivity index (χ2n) is 4.13. The van der Waals surface area contributed by atoms with Crippen molar-refractivity contribution < 1.29 is 9.84 Å². The molecule has 0 fully saturated rings. The van der Waals surface area contributed by atoms with Crippen LogP contribution in [-0.2, 0) is 13.0 Å². The lowest BCUT2D eigenvalue weighted by atomic mass is 10.1. The van der Waals surface area contributed by atoms with Crippen LogP contribution in [-0.4, -0.2) is 5.11 Å². The van der Waals surface area contributed by atoms with E-state index in [0.29, 0.717) is 6.61 Å². The summed E-state index contributed by atoms with van der Waals surface area (Å²) in [5.74, 6) is 1.05. The molecule has 0 amide bonds. The van der Waals surface area contributed by atoms with Gasteiger partial charge in [-0.05, 0) is 36.2 Å². The molecule has 0 aliphatic heterocycles. The van der Waals surface area contributed by atoms with E-state index >= 15 is 0 Å². The average Bonchev–Trinajstić information content (AvgIpc) is 2.39. The van der Waals surface area contributed by atoms with Gasteiger partial charge >= 0.3 is 0 Å². The first-order valence-electron chi connectivity index (χ1n) is 5.98. The summed E-state index contributed by atoms with van der Waals surface area (Å²) in [6.45, 7) is 2.46. The highest BCUT2D eigenvalue weighted by molar-refractivity contribution is 5.46. The Balaban J connectivity index is 2.13.